The van der Waals surface area contributed by atoms with Gasteiger partial charge in [-0.2, -0.15) is 0 Å². The van der Waals surface area contributed by atoms with E-state index in [2.05, 4.69) is 6.92 Å². The number of hydrogen-bond acceptors (Lipinski definition) is 1. The Morgan fingerprint density at radius 3 is 2.40 bits per heavy atom. The number of ether oxygens (including phenoxy) is 1. The molecule has 0 amide bonds. The molecule has 0 bridgehead atoms. The van der Waals surface area contributed by atoms with E-state index in [0.717, 1.165) is 19.3 Å². The predicted octanol–water partition coefficient (Wildman–Crippen LogP) is 3.87. The van der Waals surface area contributed by atoms with Gasteiger partial charge in [0.1, 0.15) is 0 Å². The molecule has 1 aliphatic heterocycles. The average molecular weight is 220 g/mol. The van der Waals surface area contributed by atoms with Gasteiger partial charge in [0.25, 0.3) is 0 Å². The van der Waals surface area contributed by atoms with Crippen LogP contribution in [0.1, 0.15) is 47.0 Å². The molecule has 1 heterocycles. The molecule has 0 spiro atoms. The molecule has 1 saturated heterocycles. The maximum absolute atomic E-state index is 13.8. The SMILES string of the molecule is CCCCC1OC(C)(F)C(F)C(C)C1C. The molecule has 0 aromatic rings. The van der Waals surface area contributed by atoms with Gasteiger partial charge >= 0.3 is 0 Å². The third-order valence-corrected chi connectivity index (χ3v) is 3.59. The van der Waals surface area contributed by atoms with E-state index in [4.69, 9.17) is 4.74 Å². The predicted molar refractivity (Wildman–Crippen MR) is 57.1 cm³/mol. The third-order valence-electron chi connectivity index (χ3n) is 3.59. The second kappa shape index (κ2) is 4.77. The van der Waals surface area contributed by atoms with Crippen LogP contribution in [0.25, 0.3) is 0 Å². The van der Waals surface area contributed by atoms with Crippen molar-refractivity contribution in [2.75, 3.05) is 0 Å². The third kappa shape index (κ3) is 2.68. The Hall–Kier alpha value is -0.180. The first kappa shape index (κ1) is 12.9. The highest BCUT2D eigenvalue weighted by Crippen LogP contribution is 2.41. The van der Waals surface area contributed by atoms with Crippen molar-refractivity contribution in [1.82, 2.24) is 0 Å². The summed E-state index contributed by atoms with van der Waals surface area (Å²) in [5.41, 5.74) is 0. The van der Waals surface area contributed by atoms with Gasteiger partial charge in [-0.3, -0.25) is 0 Å². The van der Waals surface area contributed by atoms with Gasteiger partial charge in [0.15, 0.2) is 6.17 Å². The minimum absolute atomic E-state index is 0.0929. The van der Waals surface area contributed by atoms with Crippen LogP contribution in [0.15, 0.2) is 0 Å². The van der Waals surface area contributed by atoms with Gasteiger partial charge in [0.05, 0.1) is 6.10 Å². The van der Waals surface area contributed by atoms with Gasteiger partial charge in [-0.05, 0) is 25.2 Å². The van der Waals surface area contributed by atoms with Crippen LogP contribution in [0, 0.1) is 11.8 Å². The quantitative estimate of drug-likeness (QED) is 0.701. The van der Waals surface area contributed by atoms with Gasteiger partial charge in [-0.25, -0.2) is 8.78 Å². The summed E-state index contributed by atoms with van der Waals surface area (Å²) in [6, 6.07) is 0. The van der Waals surface area contributed by atoms with Gasteiger partial charge in [0.2, 0.25) is 5.85 Å². The normalized spacial score (nSPS) is 46.8. The van der Waals surface area contributed by atoms with Crippen LogP contribution in [-0.2, 0) is 4.74 Å². The number of hydrogen-bond donors (Lipinski definition) is 0. The molecule has 0 saturated carbocycles. The van der Waals surface area contributed by atoms with Gasteiger partial charge in [-0.1, -0.05) is 33.6 Å². The monoisotopic (exact) mass is 220 g/mol. The summed E-state index contributed by atoms with van der Waals surface area (Å²) < 4.78 is 32.6. The molecule has 0 aromatic heterocycles. The van der Waals surface area contributed by atoms with Crippen molar-refractivity contribution in [3.05, 3.63) is 0 Å². The summed E-state index contributed by atoms with van der Waals surface area (Å²) in [4.78, 5) is 0. The maximum atomic E-state index is 13.8. The van der Waals surface area contributed by atoms with E-state index in [1.165, 1.54) is 6.92 Å². The van der Waals surface area contributed by atoms with Crippen molar-refractivity contribution in [2.24, 2.45) is 11.8 Å². The molecule has 1 fully saturated rings. The molecule has 90 valence electrons. The first-order valence-corrected chi connectivity index (χ1v) is 5.91. The summed E-state index contributed by atoms with van der Waals surface area (Å²) in [7, 11) is 0. The molecule has 5 unspecified atom stereocenters. The molecule has 0 aromatic carbocycles. The largest absolute Gasteiger partial charge is 0.340 e. The minimum atomic E-state index is -2.11. The van der Waals surface area contributed by atoms with Crippen molar-refractivity contribution in [1.29, 1.82) is 0 Å². The van der Waals surface area contributed by atoms with E-state index in [1.807, 2.05) is 6.92 Å². The topological polar surface area (TPSA) is 9.23 Å². The Bertz CT molecular complexity index is 206. The number of unbranched alkanes of at least 4 members (excludes halogenated alkanes) is 1. The second-order valence-corrected chi connectivity index (χ2v) is 4.90. The fourth-order valence-corrected chi connectivity index (χ4v) is 2.27. The summed E-state index contributed by atoms with van der Waals surface area (Å²) >= 11 is 0. The summed E-state index contributed by atoms with van der Waals surface area (Å²) in [6.45, 7) is 7.02. The zero-order chi connectivity index (χ0) is 11.6. The molecule has 0 radical (unpaired) electrons. The van der Waals surface area contributed by atoms with E-state index >= 15 is 0 Å². The van der Waals surface area contributed by atoms with Crippen LogP contribution in [-0.4, -0.2) is 18.1 Å². The second-order valence-electron chi connectivity index (χ2n) is 4.90. The van der Waals surface area contributed by atoms with Gasteiger partial charge in [-0.15, -0.1) is 0 Å². The van der Waals surface area contributed by atoms with Gasteiger partial charge in [0, 0.05) is 0 Å². The summed E-state index contributed by atoms with van der Waals surface area (Å²) in [6.07, 6.45) is 1.25. The molecule has 1 aliphatic rings. The highest BCUT2D eigenvalue weighted by molar-refractivity contribution is 4.90. The number of halogens is 2. The van der Waals surface area contributed by atoms with Crippen LogP contribution in [0.3, 0.4) is 0 Å². The zero-order valence-corrected chi connectivity index (χ0v) is 10.1. The first-order chi connectivity index (χ1) is 6.90. The Kier molecular flexibility index (Phi) is 4.10. The van der Waals surface area contributed by atoms with Crippen molar-refractivity contribution in [3.8, 4) is 0 Å². The molecule has 3 heteroatoms. The van der Waals surface area contributed by atoms with E-state index < -0.39 is 12.0 Å². The lowest BCUT2D eigenvalue weighted by Gasteiger charge is -2.43. The Labute approximate surface area is 91.2 Å². The van der Waals surface area contributed by atoms with E-state index in [-0.39, 0.29) is 17.9 Å². The van der Waals surface area contributed by atoms with Crippen LogP contribution >= 0.6 is 0 Å². The molecule has 0 aliphatic carbocycles. The smallest absolute Gasteiger partial charge is 0.238 e. The lowest BCUT2D eigenvalue weighted by Crippen LogP contribution is -2.52. The fraction of sp³-hybridized carbons (Fsp3) is 1.00. The molecule has 5 atom stereocenters. The van der Waals surface area contributed by atoms with Crippen LogP contribution < -0.4 is 0 Å². The highest BCUT2D eigenvalue weighted by atomic mass is 19.2. The Morgan fingerprint density at radius 1 is 1.27 bits per heavy atom. The molecule has 1 rings (SSSR count). The lowest BCUT2D eigenvalue weighted by atomic mass is 9.80. The summed E-state index contributed by atoms with van der Waals surface area (Å²) in [5, 5.41) is 0. The average Bonchev–Trinajstić information content (AvgIpc) is 2.19. The van der Waals surface area contributed by atoms with Crippen molar-refractivity contribution >= 4 is 0 Å². The molecule has 1 nitrogen and oxygen atoms in total. The van der Waals surface area contributed by atoms with Gasteiger partial charge < -0.3 is 4.74 Å². The number of rotatable bonds is 3. The van der Waals surface area contributed by atoms with Crippen LogP contribution in [0.2, 0.25) is 0 Å². The molecular formula is C12H22F2O. The van der Waals surface area contributed by atoms with E-state index in [9.17, 15) is 8.78 Å². The van der Waals surface area contributed by atoms with Crippen molar-refractivity contribution in [2.45, 2.75) is 65.1 Å². The van der Waals surface area contributed by atoms with Crippen molar-refractivity contribution in [3.63, 3.8) is 0 Å². The van der Waals surface area contributed by atoms with Crippen LogP contribution in [0.4, 0.5) is 8.78 Å². The number of alkyl halides is 2. The Balaban J connectivity index is 2.66. The summed E-state index contributed by atoms with van der Waals surface area (Å²) in [5.74, 6) is -2.28. The maximum Gasteiger partial charge on any atom is 0.238 e. The minimum Gasteiger partial charge on any atom is -0.340 e. The van der Waals surface area contributed by atoms with E-state index in [1.54, 1.807) is 6.92 Å². The van der Waals surface area contributed by atoms with E-state index in [0.29, 0.717) is 0 Å². The molecule has 0 N–H and O–H groups in total. The molecular weight excluding hydrogens is 198 g/mol. The molecule has 15 heavy (non-hydrogen) atoms. The zero-order valence-electron chi connectivity index (χ0n) is 10.1. The first-order valence-electron chi connectivity index (χ1n) is 5.91. The lowest BCUT2D eigenvalue weighted by molar-refractivity contribution is -0.264. The highest BCUT2D eigenvalue weighted by Gasteiger charge is 2.49. The Morgan fingerprint density at radius 2 is 1.87 bits per heavy atom. The van der Waals surface area contributed by atoms with Crippen LogP contribution in [0.5, 0.6) is 0 Å². The van der Waals surface area contributed by atoms with Crippen molar-refractivity contribution < 1.29 is 13.5 Å². The fourth-order valence-electron chi connectivity index (χ4n) is 2.27. The standard InChI is InChI=1S/C12H22F2O/c1-5-6-7-10-8(2)9(3)11(13)12(4,14)15-10/h8-11H,5-7H2,1-4H3.